The Morgan fingerprint density at radius 3 is 2.75 bits per heavy atom. The standard InChI is InChI=1S/C25H26N2O4.Na/c1-16-5-6-19(14-26-16)24(28)15-27-21-9-7-17-8-10-23(13-20(17)11-21)31-22-4-2-3-18(12-22)25(29)30;/h2-6,8,10,12-14,21,24,27-28H,7,9,11,15H2,1H3,(H,29,30);/q;+1/p-1/t21-,24-;/m0./s1. The number of fused-ring (bicyclic) bond motifs is 1. The van der Waals surface area contributed by atoms with E-state index in [4.69, 9.17) is 4.74 Å². The molecule has 1 heterocycles. The van der Waals surface area contributed by atoms with Crippen LogP contribution in [-0.2, 0) is 12.8 Å². The quantitative estimate of drug-likeness (QED) is 0.492. The largest absolute Gasteiger partial charge is 1.00 e. The molecule has 0 radical (unpaired) electrons. The van der Waals surface area contributed by atoms with Crippen molar-refractivity contribution >= 4 is 5.97 Å². The molecule has 4 rings (SSSR count). The first kappa shape index (κ1) is 24.4. The molecule has 0 saturated heterocycles. The molecule has 0 fully saturated rings. The summed E-state index contributed by atoms with van der Waals surface area (Å²) in [6, 6.07) is 16.3. The number of pyridine rings is 1. The molecule has 0 amide bonds. The van der Waals surface area contributed by atoms with Crippen LogP contribution >= 0.6 is 0 Å². The summed E-state index contributed by atoms with van der Waals surface area (Å²) in [4.78, 5) is 15.3. The summed E-state index contributed by atoms with van der Waals surface area (Å²) in [6.07, 6.45) is 3.91. The second-order valence-electron chi connectivity index (χ2n) is 7.94. The van der Waals surface area contributed by atoms with E-state index in [2.05, 4.69) is 16.4 Å². The molecule has 0 aliphatic heterocycles. The van der Waals surface area contributed by atoms with Crippen molar-refractivity contribution in [2.75, 3.05) is 6.54 Å². The molecule has 0 saturated carbocycles. The molecule has 3 aromatic rings. The van der Waals surface area contributed by atoms with Crippen LogP contribution in [-0.4, -0.2) is 28.6 Å². The summed E-state index contributed by atoms with van der Waals surface area (Å²) >= 11 is 0. The van der Waals surface area contributed by atoms with Gasteiger partial charge in [-0.1, -0.05) is 24.3 Å². The van der Waals surface area contributed by atoms with Gasteiger partial charge >= 0.3 is 29.6 Å². The van der Waals surface area contributed by atoms with Crippen LogP contribution in [0.3, 0.4) is 0 Å². The maximum absolute atomic E-state index is 11.1. The van der Waals surface area contributed by atoms with Crippen molar-refractivity contribution in [1.29, 1.82) is 0 Å². The summed E-state index contributed by atoms with van der Waals surface area (Å²) in [6.45, 7) is 2.39. The fourth-order valence-electron chi connectivity index (χ4n) is 3.87. The Hall–Kier alpha value is -2.22. The van der Waals surface area contributed by atoms with Crippen LogP contribution in [0, 0.1) is 6.92 Å². The number of hydrogen-bond donors (Lipinski definition) is 2. The van der Waals surface area contributed by atoms with Crippen molar-refractivity contribution in [1.82, 2.24) is 10.3 Å². The number of carbonyl (C=O) groups excluding carboxylic acids is 1. The Morgan fingerprint density at radius 1 is 1.19 bits per heavy atom. The smallest absolute Gasteiger partial charge is 0.545 e. The maximum atomic E-state index is 11.1. The predicted molar refractivity (Wildman–Crippen MR) is 115 cm³/mol. The van der Waals surface area contributed by atoms with Crippen molar-refractivity contribution in [3.8, 4) is 11.5 Å². The van der Waals surface area contributed by atoms with Gasteiger partial charge in [-0.15, -0.1) is 0 Å². The number of carboxylic acids is 1. The second-order valence-corrected chi connectivity index (χ2v) is 7.94. The number of aliphatic hydroxyl groups is 1. The van der Waals surface area contributed by atoms with Gasteiger partial charge in [-0.2, -0.15) is 0 Å². The molecule has 1 aromatic heterocycles. The van der Waals surface area contributed by atoms with Crippen molar-refractivity contribution in [2.45, 2.75) is 38.3 Å². The normalized spacial score (nSPS) is 15.9. The number of aromatic nitrogens is 1. The summed E-state index contributed by atoms with van der Waals surface area (Å²) < 4.78 is 5.88. The molecule has 0 unspecified atom stereocenters. The monoisotopic (exact) mass is 440 g/mol. The first-order valence-electron chi connectivity index (χ1n) is 10.4. The van der Waals surface area contributed by atoms with E-state index in [1.807, 2.05) is 31.2 Å². The summed E-state index contributed by atoms with van der Waals surface area (Å²) in [5.41, 5.74) is 4.31. The van der Waals surface area contributed by atoms with Gasteiger partial charge in [-0.3, -0.25) is 4.98 Å². The summed E-state index contributed by atoms with van der Waals surface area (Å²) in [7, 11) is 0. The number of aryl methyl sites for hydroxylation is 2. The number of hydrogen-bond acceptors (Lipinski definition) is 6. The number of rotatable bonds is 7. The van der Waals surface area contributed by atoms with Gasteiger partial charge < -0.3 is 25.1 Å². The van der Waals surface area contributed by atoms with Gasteiger partial charge in [-0.25, -0.2) is 0 Å². The Balaban J connectivity index is 0.00000289. The van der Waals surface area contributed by atoms with Gasteiger partial charge in [0.15, 0.2) is 0 Å². The minimum Gasteiger partial charge on any atom is -0.545 e. The van der Waals surface area contributed by atoms with Crippen LogP contribution in [0.5, 0.6) is 11.5 Å². The zero-order valence-electron chi connectivity index (χ0n) is 18.4. The van der Waals surface area contributed by atoms with Crippen LogP contribution in [0.15, 0.2) is 60.8 Å². The molecule has 2 aromatic carbocycles. The molecule has 0 bridgehead atoms. The molecule has 0 spiro atoms. The Morgan fingerprint density at radius 2 is 2.00 bits per heavy atom. The maximum Gasteiger partial charge on any atom is 1.00 e. The molecule has 1 aliphatic carbocycles. The Labute approximate surface area is 210 Å². The summed E-state index contributed by atoms with van der Waals surface area (Å²) in [5.74, 6) is -0.101. The third kappa shape index (κ3) is 6.18. The first-order valence-corrected chi connectivity index (χ1v) is 10.4. The van der Waals surface area contributed by atoms with E-state index in [1.54, 1.807) is 18.3 Å². The average molecular weight is 440 g/mol. The van der Waals surface area contributed by atoms with Crippen LogP contribution in [0.4, 0.5) is 0 Å². The average Bonchev–Trinajstić information content (AvgIpc) is 2.78. The topological polar surface area (TPSA) is 94.5 Å². The van der Waals surface area contributed by atoms with Gasteiger partial charge in [0.1, 0.15) is 11.5 Å². The van der Waals surface area contributed by atoms with Crippen LogP contribution in [0.1, 0.15) is 45.3 Å². The predicted octanol–water partition coefficient (Wildman–Crippen LogP) is -0.270. The van der Waals surface area contributed by atoms with Crippen LogP contribution in [0.25, 0.3) is 0 Å². The molecule has 160 valence electrons. The van der Waals surface area contributed by atoms with E-state index >= 15 is 0 Å². The molecular weight excluding hydrogens is 415 g/mol. The second kappa shape index (κ2) is 11.1. The molecule has 32 heavy (non-hydrogen) atoms. The van der Waals surface area contributed by atoms with E-state index in [1.165, 1.54) is 23.3 Å². The molecular formula is C25H25N2NaO4. The third-order valence-corrected chi connectivity index (χ3v) is 5.63. The van der Waals surface area contributed by atoms with Gasteiger partial charge in [0.05, 0.1) is 12.1 Å². The fraction of sp³-hybridized carbons (Fsp3) is 0.280. The number of carboxylic acid groups (broad SMARTS) is 1. The van der Waals surface area contributed by atoms with Crippen molar-refractivity contribution in [3.63, 3.8) is 0 Å². The Kier molecular flexibility index (Phi) is 8.45. The Bertz CT molecular complexity index is 1070. The van der Waals surface area contributed by atoms with E-state index in [-0.39, 0.29) is 41.2 Å². The van der Waals surface area contributed by atoms with Gasteiger partial charge in [-0.05, 0) is 67.6 Å². The zero-order valence-corrected chi connectivity index (χ0v) is 20.4. The van der Waals surface area contributed by atoms with Crippen molar-refractivity contribution in [2.24, 2.45) is 0 Å². The number of carbonyl (C=O) groups is 1. The van der Waals surface area contributed by atoms with E-state index < -0.39 is 12.1 Å². The number of benzene rings is 2. The third-order valence-electron chi connectivity index (χ3n) is 5.63. The van der Waals surface area contributed by atoms with Gasteiger partial charge in [0, 0.05) is 35.6 Å². The number of aromatic carboxylic acids is 1. The van der Waals surface area contributed by atoms with Crippen LogP contribution in [0.2, 0.25) is 0 Å². The SMILES string of the molecule is Cc1ccc([C@@H](O)CN[C@H]2CCc3ccc(Oc4cccc(C(=O)[O-])c4)cc3C2)cn1.[Na+]. The van der Waals surface area contributed by atoms with Crippen LogP contribution < -0.4 is 44.7 Å². The molecule has 1 aliphatic rings. The number of nitrogens with one attached hydrogen (secondary N) is 1. The molecule has 6 nitrogen and oxygen atoms in total. The molecule has 2 N–H and O–H groups in total. The minimum absolute atomic E-state index is 0. The van der Waals surface area contributed by atoms with Gasteiger partial charge in [0.25, 0.3) is 0 Å². The number of aliphatic hydroxyl groups excluding tert-OH is 1. The molecule has 2 atom stereocenters. The van der Waals surface area contributed by atoms with E-state index in [0.717, 1.165) is 30.5 Å². The molecule has 7 heteroatoms. The minimum atomic E-state index is -1.23. The van der Waals surface area contributed by atoms with E-state index in [0.29, 0.717) is 18.0 Å². The van der Waals surface area contributed by atoms with Gasteiger partial charge in [0.2, 0.25) is 0 Å². The first-order chi connectivity index (χ1) is 15.0. The number of nitrogens with zero attached hydrogens (tertiary/aromatic N) is 1. The fourth-order valence-corrected chi connectivity index (χ4v) is 3.87. The van der Waals surface area contributed by atoms with Crippen molar-refractivity contribution in [3.05, 3.63) is 88.7 Å². The summed E-state index contributed by atoms with van der Waals surface area (Å²) in [5, 5.41) is 25.0. The number of ether oxygens (including phenoxy) is 1. The zero-order chi connectivity index (χ0) is 21.8. The van der Waals surface area contributed by atoms with E-state index in [9.17, 15) is 15.0 Å². The van der Waals surface area contributed by atoms with Crippen molar-refractivity contribution < 1.29 is 49.3 Å².